The highest BCUT2D eigenvalue weighted by atomic mass is 32.2. The Morgan fingerprint density at radius 3 is 1.78 bits per heavy atom. The summed E-state index contributed by atoms with van der Waals surface area (Å²) >= 11 is 0. The highest BCUT2D eigenvalue weighted by molar-refractivity contribution is 7.89. The van der Waals surface area contributed by atoms with E-state index in [1.54, 1.807) is 18.2 Å². The van der Waals surface area contributed by atoms with E-state index in [1.165, 1.54) is 36.4 Å². The summed E-state index contributed by atoms with van der Waals surface area (Å²) in [7, 11) is -3.97. The number of hydrogen-bond acceptors (Lipinski definition) is 3. The lowest BCUT2D eigenvalue weighted by Crippen LogP contribution is -2.11. The van der Waals surface area contributed by atoms with E-state index in [1.807, 2.05) is 0 Å². The maximum absolute atomic E-state index is 13.6. The Hall–Kier alpha value is -3.70. The molecule has 4 rings (SSSR count). The molecule has 3 aromatic carbocycles. The minimum absolute atomic E-state index is 0.0303. The number of pyridine rings is 1. The van der Waals surface area contributed by atoms with Crippen LogP contribution in [0, 0.1) is 0 Å². The Morgan fingerprint density at radius 1 is 0.611 bits per heavy atom. The lowest BCUT2D eigenvalue weighted by molar-refractivity contribution is -0.141. The van der Waals surface area contributed by atoms with Crippen molar-refractivity contribution in [3.05, 3.63) is 96.2 Å². The molecule has 0 atom stereocenters. The van der Waals surface area contributed by atoms with Crippen LogP contribution in [0.3, 0.4) is 0 Å². The van der Waals surface area contributed by atoms with E-state index >= 15 is 0 Å². The second-order valence-corrected chi connectivity index (χ2v) is 9.41. The Kier molecular flexibility index (Phi) is 6.40. The van der Waals surface area contributed by atoms with Crippen LogP contribution in [0.2, 0.25) is 0 Å². The number of halogens is 6. The molecule has 0 unspecified atom stereocenters. The standard InChI is InChI=1S/C25H16F6N2O2S/c26-24(27,28)20-9-7-15(8-10-20)19-13-22(33-23(14-19)25(29,30)31)18-5-1-3-16(11-18)17-4-2-6-21(12-17)36(32,34)35/h1-14H,(H2,32,34,35). The average molecular weight is 522 g/mol. The van der Waals surface area contributed by atoms with Crippen molar-refractivity contribution in [2.24, 2.45) is 5.14 Å². The predicted octanol–water partition coefficient (Wildman–Crippen LogP) is 6.77. The summed E-state index contributed by atoms with van der Waals surface area (Å²) in [5.74, 6) is 0. The van der Waals surface area contributed by atoms with Crippen molar-refractivity contribution in [2.45, 2.75) is 17.2 Å². The molecule has 0 aliphatic heterocycles. The molecule has 2 N–H and O–H groups in total. The fourth-order valence-corrected chi connectivity index (χ4v) is 4.11. The summed E-state index contributed by atoms with van der Waals surface area (Å²) in [5, 5.41) is 5.18. The lowest BCUT2D eigenvalue weighted by Gasteiger charge is -2.13. The first-order valence-corrected chi connectivity index (χ1v) is 11.8. The zero-order valence-corrected chi connectivity index (χ0v) is 18.9. The number of rotatable bonds is 4. The van der Waals surface area contributed by atoms with Crippen LogP contribution in [0.5, 0.6) is 0 Å². The van der Waals surface area contributed by atoms with E-state index in [0.717, 1.165) is 30.3 Å². The second kappa shape index (κ2) is 9.07. The number of sulfonamides is 1. The summed E-state index contributed by atoms with van der Waals surface area (Å²) in [5.41, 5.74) is -0.789. The highest BCUT2D eigenvalue weighted by Gasteiger charge is 2.34. The van der Waals surface area contributed by atoms with E-state index in [0.29, 0.717) is 11.1 Å². The van der Waals surface area contributed by atoms with E-state index < -0.39 is 33.6 Å². The first-order valence-electron chi connectivity index (χ1n) is 10.2. The smallest absolute Gasteiger partial charge is 0.243 e. The number of aromatic nitrogens is 1. The van der Waals surface area contributed by atoms with Gasteiger partial charge in [-0.15, -0.1) is 0 Å². The minimum atomic E-state index is -4.81. The third kappa shape index (κ3) is 5.58. The van der Waals surface area contributed by atoms with Gasteiger partial charge in [-0.2, -0.15) is 26.3 Å². The van der Waals surface area contributed by atoms with Crippen molar-refractivity contribution in [1.82, 2.24) is 4.98 Å². The Labute approximate surface area is 202 Å². The topological polar surface area (TPSA) is 73.1 Å². The second-order valence-electron chi connectivity index (χ2n) is 7.85. The van der Waals surface area contributed by atoms with Gasteiger partial charge in [-0.3, -0.25) is 0 Å². The summed E-state index contributed by atoms with van der Waals surface area (Å²) in [6, 6.07) is 17.9. The maximum Gasteiger partial charge on any atom is 0.433 e. The molecule has 186 valence electrons. The predicted molar refractivity (Wildman–Crippen MR) is 122 cm³/mol. The van der Waals surface area contributed by atoms with Crippen LogP contribution in [0.4, 0.5) is 26.3 Å². The van der Waals surface area contributed by atoms with Crippen molar-refractivity contribution < 1.29 is 34.8 Å². The molecule has 1 aromatic heterocycles. The van der Waals surface area contributed by atoms with Crippen molar-refractivity contribution in [2.75, 3.05) is 0 Å². The quantitative estimate of drug-likeness (QED) is 0.301. The van der Waals surface area contributed by atoms with Gasteiger partial charge in [0.15, 0.2) is 0 Å². The number of alkyl halides is 6. The van der Waals surface area contributed by atoms with Gasteiger partial charge in [0.2, 0.25) is 10.0 Å². The molecule has 36 heavy (non-hydrogen) atoms. The van der Waals surface area contributed by atoms with Gasteiger partial charge < -0.3 is 0 Å². The summed E-state index contributed by atoms with van der Waals surface area (Å²) in [4.78, 5) is 3.60. The molecular weight excluding hydrogens is 506 g/mol. The van der Waals surface area contributed by atoms with Gasteiger partial charge >= 0.3 is 12.4 Å². The molecule has 0 radical (unpaired) electrons. The molecule has 0 fully saturated rings. The van der Waals surface area contributed by atoms with E-state index in [2.05, 4.69) is 4.98 Å². The normalized spacial score (nSPS) is 12.5. The zero-order valence-electron chi connectivity index (χ0n) is 18.1. The number of benzene rings is 3. The molecular formula is C25H16F6N2O2S. The highest BCUT2D eigenvalue weighted by Crippen LogP contribution is 2.36. The molecule has 11 heteroatoms. The molecule has 0 amide bonds. The van der Waals surface area contributed by atoms with Crippen molar-refractivity contribution in [3.63, 3.8) is 0 Å². The van der Waals surface area contributed by atoms with Crippen LogP contribution >= 0.6 is 0 Å². The average Bonchev–Trinajstić information content (AvgIpc) is 2.82. The largest absolute Gasteiger partial charge is 0.433 e. The molecule has 4 aromatic rings. The molecule has 0 saturated heterocycles. The van der Waals surface area contributed by atoms with Gasteiger partial charge in [-0.05, 0) is 64.7 Å². The minimum Gasteiger partial charge on any atom is -0.243 e. The SMILES string of the molecule is NS(=O)(=O)c1cccc(-c2cccc(-c3cc(-c4ccc(C(F)(F)F)cc4)cc(C(F)(F)F)n3)c2)c1. The number of nitrogens with two attached hydrogens (primary N) is 1. The van der Waals surface area contributed by atoms with Crippen molar-refractivity contribution in [1.29, 1.82) is 0 Å². The molecule has 0 aliphatic rings. The molecule has 0 bridgehead atoms. The Balaban J connectivity index is 1.82. The third-order valence-electron chi connectivity index (χ3n) is 5.32. The summed E-state index contributed by atoms with van der Waals surface area (Å²) in [6.45, 7) is 0. The fourth-order valence-electron chi connectivity index (χ4n) is 3.55. The van der Waals surface area contributed by atoms with Crippen molar-refractivity contribution in [3.8, 4) is 33.5 Å². The number of primary sulfonamides is 1. The first-order chi connectivity index (χ1) is 16.7. The van der Waals surface area contributed by atoms with Gasteiger partial charge in [0, 0.05) is 5.56 Å². The Morgan fingerprint density at radius 2 is 1.19 bits per heavy atom. The van der Waals surface area contributed by atoms with Gasteiger partial charge in [-0.25, -0.2) is 18.5 Å². The Bertz CT molecular complexity index is 1530. The summed E-state index contributed by atoms with van der Waals surface area (Å²) < 4.78 is 103. The van der Waals surface area contributed by atoms with Crippen molar-refractivity contribution >= 4 is 10.0 Å². The van der Waals surface area contributed by atoms with Crippen LogP contribution in [0.15, 0.2) is 89.8 Å². The molecule has 1 heterocycles. The van der Waals surface area contributed by atoms with Gasteiger partial charge in [0.1, 0.15) is 5.69 Å². The number of nitrogens with zero attached hydrogens (tertiary/aromatic N) is 1. The van der Waals surface area contributed by atoms with E-state index in [4.69, 9.17) is 5.14 Å². The lowest BCUT2D eigenvalue weighted by atomic mass is 9.98. The number of hydrogen-bond donors (Lipinski definition) is 1. The maximum atomic E-state index is 13.6. The van der Waals surface area contributed by atoms with E-state index in [9.17, 15) is 34.8 Å². The van der Waals surface area contributed by atoms with Crippen LogP contribution in [0.25, 0.3) is 33.5 Å². The zero-order chi connectivity index (χ0) is 26.3. The van der Waals surface area contributed by atoms with Crippen LogP contribution < -0.4 is 5.14 Å². The van der Waals surface area contributed by atoms with Gasteiger partial charge in [0.25, 0.3) is 0 Å². The monoisotopic (exact) mass is 522 g/mol. The van der Waals surface area contributed by atoms with E-state index in [-0.39, 0.29) is 27.3 Å². The molecule has 4 nitrogen and oxygen atoms in total. The summed E-state index contributed by atoms with van der Waals surface area (Å²) in [6.07, 6.45) is -9.39. The van der Waals surface area contributed by atoms with Crippen LogP contribution in [-0.2, 0) is 22.4 Å². The first kappa shape index (κ1) is 25.4. The fraction of sp³-hybridized carbons (Fsp3) is 0.0800. The third-order valence-corrected chi connectivity index (χ3v) is 6.23. The molecule has 0 saturated carbocycles. The van der Waals surface area contributed by atoms with Crippen LogP contribution in [-0.4, -0.2) is 13.4 Å². The van der Waals surface area contributed by atoms with Crippen LogP contribution in [0.1, 0.15) is 11.3 Å². The molecule has 0 spiro atoms. The molecule has 0 aliphatic carbocycles. The van der Waals surface area contributed by atoms with Gasteiger partial charge in [-0.1, -0.05) is 42.5 Å². The van der Waals surface area contributed by atoms with Gasteiger partial charge in [0.05, 0.1) is 16.2 Å².